The summed E-state index contributed by atoms with van der Waals surface area (Å²) < 4.78 is 9.17. The highest BCUT2D eigenvalue weighted by molar-refractivity contribution is 6.17. The molecule has 228 valence electrons. The summed E-state index contributed by atoms with van der Waals surface area (Å²) in [6, 6.07) is 51.6. The minimum absolute atomic E-state index is 0.109. The quantitative estimate of drug-likeness (QED) is 0.214. The van der Waals surface area contributed by atoms with Crippen LogP contribution in [0.5, 0.6) is 0 Å². The Bertz CT molecular complexity index is 2680. The van der Waals surface area contributed by atoms with Crippen molar-refractivity contribution in [2.75, 3.05) is 5.32 Å². The van der Waals surface area contributed by atoms with Crippen LogP contribution in [0.1, 0.15) is 35.3 Å². The van der Waals surface area contributed by atoms with Crippen LogP contribution in [-0.2, 0) is 0 Å². The van der Waals surface area contributed by atoms with Crippen molar-refractivity contribution in [2.45, 2.75) is 18.6 Å². The molecule has 0 spiro atoms. The van der Waals surface area contributed by atoms with Gasteiger partial charge < -0.3 is 14.3 Å². The number of aromatic nitrogens is 1. The van der Waals surface area contributed by atoms with E-state index in [1.54, 1.807) is 0 Å². The number of benzene rings is 6. The van der Waals surface area contributed by atoms with Crippen LogP contribution in [0, 0.1) is 0 Å². The van der Waals surface area contributed by atoms with Crippen LogP contribution in [0.4, 0.5) is 5.69 Å². The molecule has 0 saturated heterocycles. The van der Waals surface area contributed by atoms with Crippen molar-refractivity contribution in [1.82, 2.24) is 4.57 Å². The number of hydrogen-bond acceptors (Lipinski definition) is 3. The molecule has 4 heteroatoms. The van der Waals surface area contributed by atoms with Gasteiger partial charge in [0.2, 0.25) is 0 Å². The first-order valence-electron chi connectivity index (χ1n) is 16.6. The molecule has 0 bridgehead atoms. The number of rotatable bonds is 4. The van der Waals surface area contributed by atoms with Gasteiger partial charge in [0.1, 0.15) is 17.2 Å². The number of para-hydroxylation sites is 2. The average Bonchev–Trinajstić information content (AvgIpc) is 3.70. The smallest absolute Gasteiger partial charge is 0.146 e. The highest BCUT2D eigenvalue weighted by Gasteiger charge is 2.26. The molecule has 3 heterocycles. The van der Waals surface area contributed by atoms with Gasteiger partial charge in [0.15, 0.2) is 0 Å². The monoisotopic (exact) mass is 617 g/mol. The van der Waals surface area contributed by atoms with Crippen LogP contribution in [0.25, 0.3) is 56.1 Å². The molecule has 4 nitrogen and oxygen atoms in total. The topological polar surface area (TPSA) is 42.5 Å². The highest BCUT2D eigenvalue weighted by atomic mass is 16.3. The molecule has 48 heavy (non-hydrogen) atoms. The van der Waals surface area contributed by atoms with Gasteiger partial charge in [0, 0.05) is 49.3 Å². The number of nitrogens with one attached hydrogen (secondary N) is 1. The second-order valence-electron chi connectivity index (χ2n) is 12.7. The lowest BCUT2D eigenvalue weighted by atomic mass is 9.96. The molecule has 6 aromatic carbocycles. The summed E-state index contributed by atoms with van der Waals surface area (Å²) in [7, 11) is 0. The van der Waals surface area contributed by atoms with Gasteiger partial charge in [0.05, 0.1) is 17.3 Å². The zero-order valence-electron chi connectivity index (χ0n) is 26.2. The van der Waals surface area contributed by atoms with E-state index in [9.17, 15) is 0 Å². The Kier molecular flexibility index (Phi) is 6.03. The van der Waals surface area contributed by atoms with Gasteiger partial charge in [-0.15, -0.1) is 0 Å². The molecule has 2 aliphatic rings. The second kappa shape index (κ2) is 10.7. The van der Waals surface area contributed by atoms with E-state index < -0.39 is 0 Å². The summed E-state index contributed by atoms with van der Waals surface area (Å²) in [4.78, 5) is 5.34. The van der Waals surface area contributed by atoms with E-state index in [0.717, 1.165) is 56.1 Å². The molecule has 8 aromatic rings. The Labute approximate surface area is 277 Å². The Morgan fingerprint density at radius 3 is 2.21 bits per heavy atom. The highest BCUT2D eigenvalue weighted by Crippen LogP contribution is 2.40. The van der Waals surface area contributed by atoms with E-state index >= 15 is 0 Å². The van der Waals surface area contributed by atoms with Crippen molar-refractivity contribution in [3.8, 4) is 11.1 Å². The predicted molar refractivity (Wildman–Crippen MR) is 198 cm³/mol. The fourth-order valence-corrected chi connectivity index (χ4v) is 7.87. The Balaban J connectivity index is 1.13. The first-order valence-corrected chi connectivity index (χ1v) is 16.6. The van der Waals surface area contributed by atoms with Gasteiger partial charge in [-0.1, -0.05) is 127 Å². The lowest BCUT2D eigenvalue weighted by Crippen LogP contribution is -2.28. The number of aliphatic imine (C=N–C) groups is 1. The number of nitrogens with zero attached hydrogens (tertiary/aromatic N) is 2. The third-order valence-electron chi connectivity index (χ3n) is 9.95. The zero-order valence-corrected chi connectivity index (χ0v) is 26.2. The largest absolute Gasteiger partial charge is 0.456 e. The van der Waals surface area contributed by atoms with E-state index in [2.05, 4.69) is 162 Å². The van der Waals surface area contributed by atoms with Gasteiger partial charge in [-0.25, -0.2) is 0 Å². The molecule has 2 unspecified atom stereocenters. The number of furan rings is 1. The SMILES string of the molecule is C1=c2oc3cccc(C4N=C(c5ccccc5)c5ccccc5N4)c3c2=CCC1n1c2ccccc2c2c(-c3ccccc3)cccc21. The summed E-state index contributed by atoms with van der Waals surface area (Å²) in [6.07, 6.45) is 5.30. The van der Waals surface area contributed by atoms with Crippen molar-refractivity contribution in [2.24, 2.45) is 4.99 Å². The Morgan fingerprint density at radius 1 is 0.625 bits per heavy atom. The fraction of sp³-hybridized carbons (Fsp3) is 0.0682. The van der Waals surface area contributed by atoms with Crippen LogP contribution < -0.4 is 16.0 Å². The number of hydrogen-bond donors (Lipinski definition) is 1. The molecule has 0 fully saturated rings. The molecule has 0 saturated carbocycles. The number of fused-ring (bicyclic) bond motifs is 7. The van der Waals surface area contributed by atoms with Crippen LogP contribution in [0.2, 0.25) is 0 Å². The van der Waals surface area contributed by atoms with E-state index in [1.807, 2.05) is 6.07 Å². The molecule has 1 aliphatic heterocycles. The van der Waals surface area contributed by atoms with Gasteiger partial charge in [-0.05, 0) is 47.9 Å². The normalized spacial score (nSPS) is 16.9. The molecule has 0 amide bonds. The standard InChI is InChI=1S/C44H31N3O/c1-3-13-28(14-4-1)31-19-11-23-38-41(31)33-18-8-10-22-37(33)47(38)30-25-26-34-40(27-30)48-39-24-12-20-35(42(34)39)44-45-36-21-9-7-17-32(36)43(46-44)29-15-5-2-6-16-29/h1-24,26-27,30,44-45H,25H2. The van der Waals surface area contributed by atoms with Gasteiger partial charge in [-0.3, -0.25) is 4.99 Å². The van der Waals surface area contributed by atoms with E-state index in [1.165, 1.54) is 32.9 Å². The zero-order chi connectivity index (χ0) is 31.6. The van der Waals surface area contributed by atoms with Crippen LogP contribution in [-0.4, -0.2) is 10.3 Å². The van der Waals surface area contributed by atoms with Gasteiger partial charge >= 0.3 is 0 Å². The average molecular weight is 618 g/mol. The van der Waals surface area contributed by atoms with Crippen LogP contribution in [0.3, 0.4) is 0 Å². The van der Waals surface area contributed by atoms with Crippen molar-refractivity contribution < 1.29 is 4.42 Å². The molecule has 1 N–H and O–H groups in total. The summed E-state index contributed by atoms with van der Waals surface area (Å²) >= 11 is 0. The van der Waals surface area contributed by atoms with Gasteiger partial charge in [0.25, 0.3) is 0 Å². The second-order valence-corrected chi connectivity index (χ2v) is 12.7. The Hall–Kier alpha value is -6.13. The van der Waals surface area contributed by atoms with E-state index in [-0.39, 0.29) is 12.2 Å². The molecular weight excluding hydrogens is 587 g/mol. The summed E-state index contributed by atoms with van der Waals surface area (Å²) in [5, 5.41) is 8.58. The van der Waals surface area contributed by atoms with Crippen molar-refractivity contribution >= 4 is 56.3 Å². The minimum atomic E-state index is -0.250. The number of anilines is 1. The first-order chi connectivity index (χ1) is 23.8. The molecule has 2 aromatic heterocycles. The van der Waals surface area contributed by atoms with E-state index in [4.69, 9.17) is 9.41 Å². The van der Waals surface area contributed by atoms with E-state index in [0.29, 0.717) is 0 Å². The fourth-order valence-electron chi connectivity index (χ4n) is 7.87. The van der Waals surface area contributed by atoms with Gasteiger partial charge in [-0.2, -0.15) is 0 Å². The lowest BCUT2D eigenvalue weighted by molar-refractivity contribution is 0.560. The molecule has 10 rings (SSSR count). The van der Waals surface area contributed by atoms with Crippen molar-refractivity contribution in [3.63, 3.8) is 0 Å². The van der Waals surface area contributed by atoms with Crippen LogP contribution >= 0.6 is 0 Å². The maximum absolute atomic E-state index is 6.67. The molecule has 2 atom stereocenters. The maximum Gasteiger partial charge on any atom is 0.146 e. The molecule has 0 radical (unpaired) electrons. The molecule has 1 aliphatic carbocycles. The summed E-state index contributed by atoms with van der Waals surface area (Å²) in [5.41, 5.74) is 12.2. The van der Waals surface area contributed by atoms with Crippen LogP contribution in [0.15, 0.2) is 155 Å². The summed E-state index contributed by atoms with van der Waals surface area (Å²) in [5.74, 6) is 0. The summed E-state index contributed by atoms with van der Waals surface area (Å²) in [6.45, 7) is 0. The third-order valence-corrected chi connectivity index (χ3v) is 9.95. The van der Waals surface area contributed by atoms with Crippen molar-refractivity contribution in [1.29, 1.82) is 0 Å². The van der Waals surface area contributed by atoms with Crippen molar-refractivity contribution in [3.05, 3.63) is 173 Å². The third kappa shape index (κ3) is 4.12. The molecular formula is C44H31N3O. The predicted octanol–water partition coefficient (Wildman–Crippen LogP) is 9.38. The lowest BCUT2D eigenvalue weighted by Gasteiger charge is -2.26. The maximum atomic E-state index is 6.67. The Morgan fingerprint density at radius 2 is 1.33 bits per heavy atom. The minimum Gasteiger partial charge on any atom is -0.456 e. The first kappa shape index (κ1) is 27.0.